The topological polar surface area (TPSA) is 114 Å². The number of benzene rings is 2. The average Bonchev–Trinajstić information content (AvgIpc) is 3.11. The number of carboxylic acids is 1. The standard InChI is InChI=1S/C27H34N2O6/c1-6-22(24(30)29-23(25(31)32)16(2)35-27(3,4)5)28-26(33)34-15-21-19-13-9-7-11-17(19)18-12-8-10-14-20(18)21/h7-14,16,21-23H,6,15H2,1-5H3,(H,28,33)(H,29,30)(H,31,32)/t16-,22?,23+/m1/s1. The summed E-state index contributed by atoms with van der Waals surface area (Å²) in [5, 5.41) is 14.6. The molecule has 0 aromatic heterocycles. The first-order chi connectivity index (χ1) is 16.5. The molecule has 0 saturated carbocycles. The van der Waals surface area contributed by atoms with Crippen LogP contribution in [0, 0.1) is 0 Å². The monoisotopic (exact) mass is 482 g/mol. The molecule has 0 saturated heterocycles. The highest BCUT2D eigenvalue weighted by atomic mass is 16.5. The van der Waals surface area contributed by atoms with Crippen LogP contribution < -0.4 is 10.6 Å². The molecule has 35 heavy (non-hydrogen) atoms. The second-order valence-corrected chi connectivity index (χ2v) is 9.69. The molecule has 188 valence electrons. The maximum absolute atomic E-state index is 12.8. The number of fused-ring (bicyclic) bond motifs is 3. The Kier molecular flexibility index (Phi) is 8.17. The number of ether oxygens (including phenoxy) is 2. The fraction of sp³-hybridized carbons (Fsp3) is 0.444. The van der Waals surface area contributed by atoms with Crippen molar-refractivity contribution < 1.29 is 29.0 Å². The molecule has 3 rings (SSSR count). The Hall–Kier alpha value is -3.39. The second kappa shape index (κ2) is 10.9. The van der Waals surface area contributed by atoms with Crippen LogP contribution in [0.4, 0.5) is 4.79 Å². The van der Waals surface area contributed by atoms with Crippen LogP contribution in [0.25, 0.3) is 11.1 Å². The van der Waals surface area contributed by atoms with Gasteiger partial charge in [-0.3, -0.25) is 4.79 Å². The van der Waals surface area contributed by atoms with E-state index in [9.17, 15) is 19.5 Å². The van der Waals surface area contributed by atoms with Crippen LogP contribution in [0.15, 0.2) is 48.5 Å². The van der Waals surface area contributed by atoms with Crippen molar-refractivity contribution in [2.24, 2.45) is 0 Å². The van der Waals surface area contributed by atoms with Crippen LogP contribution >= 0.6 is 0 Å². The molecule has 1 aliphatic rings. The first kappa shape index (κ1) is 26.2. The van der Waals surface area contributed by atoms with Crippen molar-refractivity contribution in [1.82, 2.24) is 10.6 Å². The van der Waals surface area contributed by atoms with Gasteiger partial charge in [-0.05, 0) is 56.4 Å². The molecule has 1 aliphatic carbocycles. The summed E-state index contributed by atoms with van der Waals surface area (Å²) < 4.78 is 11.2. The van der Waals surface area contributed by atoms with Gasteiger partial charge in [0.2, 0.25) is 5.91 Å². The van der Waals surface area contributed by atoms with Gasteiger partial charge in [0.05, 0.1) is 11.7 Å². The number of carboxylic acid groups (broad SMARTS) is 1. The van der Waals surface area contributed by atoms with Crippen molar-refractivity contribution in [2.75, 3.05) is 6.61 Å². The molecule has 3 atom stereocenters. The van der Waals surface area contributed by atoms with Crippen LogP contribution in [-0.2, 0) is 19.1 Å². The van der Waals surface area contributed by atoms with Gasteiger partial charge in [0.25, 0.3) is 0 Å². The van der Waals surface area contributed by atoms with Crippen LogP contribution in [0.1, 0.15) is 58.1 Å². The molecule has 8 heteroatoms. The van der Waals surface area contributed by atoms with E-state index in [0.717, 1.165) is 22.3 Å². The van der Waals surface area contributed by atoms with Crippen molar-refractivity contribution in [2.45, 2.75) is 70.7 Å². The maximum atomic E-state index is 12.8. The number of alkyl carbamates (subject to hydrolysis) is 1. The fourth-order valence-corrected chi connectivity index (χ4v) is 4.39. The first-order valence-corrected chi connectivity index (χ1v) is 11.8. The average molecular weight is 483 g/mol. The van der Waals surface area contributed by atoms with Crippen LogP contribution in [0.5, 0.6) is 0 Å². The minimum atomic E-state index is -1.26. The molecule has 2 aromatic rings. The molecule has 1 unspecified atom stereocenters. The predicted molar refractivity (Wildman–Crippen MR) is 132 cm³/mol. The zero-order valence-corrected chi connectivity index (χ0v) is 20.8. The number of nitrogens with one attached hydrogen (secondary N) is 2. The maximum Gasteiger partial charge on any atom is 0.407 e. The molecular weight excluding hydrogens is 448 g/mol. The minimum absolute atomic E-state index is 0.103. The van der Waals surface area contributed by atoms with E-state index < -0.39 is 41.8 Å². The molecule has 0 spiro atoms. The Morgan fingerprint density at radius 3 is 2.00 bits per heavy atom. The van der Waals surface area contributed by atoms with E-state index in [4.69, 9.17) is 9.47 Å². The summed E-state index contributed by atoms with van der Waals surface area (Å²) in [6.07, 6.45) is -1.25. The zero-order chi connectivity index (χ0) is 25.8. The van der Waals surface area contributed by atoms with Crippen molar-refractivity contribution in [3.63, 3.8) is 0 Å². The van der Waals surface area contributed by atoms with E-state index in [1.165, 1.54) is 0 Å². The highest BCUT2D eigenvalue weighted by Gasteiger charge is 2.33. The summed E-state index contributed by atoms with van der Waals surface area (Å²) in [5.74, 6) is -1.93. The van der Waals surface area contributed by atoms with E-state index in [2.05, 4.69) is 22.8 Å². The summed E-state index contributed by atoms with van der Waals surface area (Å²) in [5.41, 5.74) is 3.83. The van der Waals surface area contributed by atoms with E-state index >= 15 is 0 Å². The Bertz CT molecular complexity index is 1030. The normalized spacial score (nSPS) is 15.3. The third-order valence-corrected chi connectivity index (χ3v) is 5.93. The van der Waals surface area contributed by atoms with Gasteiger partial charge in [-0.15, -0.1) is 0 Å². The molecule has 0 aliphatic heterocycles. The molecule has 3 N–H and O–H groups in total. The number of aliphatic carboxylic acids is 1. The van der Waals surface area contributed by atoms with Gasteiger partial charge in [0, 0.05) is 5.92 Å². The number of carbonyl (C=O) groups is 3. The lowest BCUT2D eigenvalue weighted by Gasteiger charge is -2.30. The molecule has 0 heterocycles. The number of carbonyl (C=O) groups excluding carboxylic acids is 2. The van der Waals surface area contributed by atoms with E-state index in [1.807, 2.05) is 36.4 Å². The second-order valence-electron chi connectivity index (χ2n) is 9.69. The third-order valence-electron chi connectivity index (χ3n) is 5.93. The van der Waals surface area contributed by atoms with Gasteiger partial charge < -0.3 is 25.2 Å². The molecule has 0 radical (unpaired) electrons. The van der Waals surface area contributed by atoms with Gasteiger partial charge in [-0.1, -0.05) is 55.5 Å². The highest BCUT2D eigenvalue weighted by molar-refractivity contribution is 5.89. The predicted octanol–water partition coefficient (Wildman–Crippen LogP) is 4.08. The smallest absolute Gasteiger partial charge is 0.407 e. The summed E-state index contributed by atoms with van der Waals surface area (Å²) in [4.78, 5) is 37.1. The summed E-state index contributed by atoms with van der Waals surface area (Å²) in [6, 6.07) is 13.8. The molecule has 0 fully saturated rings. The van der Waals surface area contributed by atoms with Gasteiger partial charge in [-0.2, -0.15) is 0 Å². The Morgan fingerprint density at radius 2 is 1.51 bits per heavy atom. The Morgan fingerprint density at radius 1 is 0.971 bits per heavy atom. The number of rotatable bonds is 9. The molecule has 2 amide bonds. The lowest BCUT2D eigenvalue weighted by atomic mass is 9.98. The molecule has 8 nitrogen and oxygen atoms in total. The van der Waals surface area contributed by atoms with Gasteiger partial charge in [-0.25, -0.2) is 9.59 Å². The van der Waals surface area contributed by atoms with Crippen molar-refractivity contribution in [3.8, 4) is 11.1 Å². The van der Waals surface area contributed by atoms with Gasteiger partial charge in [0.15, 0.2) is 6.04 Å². The zero-order valence-electron chi connectivity index (χ0n) is 20.8. The number of amides is 2. The van der Waals surface area contributed by atoms with Crippen LogP contribution in [0.3, 0.4) is 0 Å². The number of hydrogen-bond donors (Lipinski definition) is 3. The lowest BCUT2D eigenvalue weighted by molar-refractivity contribution is -0.150. The third kappa shape index (κ3) is 6.39. The van der Waals surface area contributed by atoms with E-state index in [-0.39, 0.29) is 18.9 Å². The minimum Gasteiger partial charge on any atom is -0.480 e. The lowest BCUT2D eigenvalue weighted by Crippen LogP contribution is -2.55. The summed E-state index contributed by atoms with van der Waals surface area (Å²) in [6.45, 7) is 8.84. The van der Waals surface area contributed by atoms with E-state index in [0.29, 0.717) is 0 Å². The SMILES string of the molecule is CCC(NC(=O)OCC1c2ccccc2-c2ccccc21)C(=O)N[C@H](C(=O)O)[C@@H](C)OC(C)(C)C. The Balaban J connectivity index is 1.62. The largest absolute Gasteiger partial charge is 0.480 e. The molecule has 2 aromatic carbocycles. The quantitative estimate of drug-likeness (QED) is 0.496. The summed E-state index contributed by atoms with van der Waals surface area (Å²) >= 11 is 0. The molecular formula is C27H34N2O6. The highest BCUT2D eigenvalue weighted by Crippen LogP contribution is 2.44. The molecule has 0 bridgehead atoms. The van der Waals surface area contributed by atoms with E-state index in [1.54, 1.807) is 34.6 Å². The van der Waals surface area contributed by atoms with Crippen LogP contribution in [-0.4, -0.2) is 53.5 Å². The van der Waals surface area contributed by atoms with Gasteiger partial charge in [0.1, 0.15) is 12.6 Å². The van der Waals surface area contributed by atoms with Gasteiger partial charge >= 0.3 is 12.1 Å². The Labute approximate surface area is 206 Å². The fourth-order valence-electron chi connectivity index (χ4n) is 4.39. The van der Waals surface area contributed by atoms with Crippen LogP contribution in [0.2, 0.25) is 0 Å². The van der Waals surface area contributed by atoms with Crippen molar-refractivity contribution in [1.29, 1.82) is 0 Å². The van der Waals surface area contributed by atoms with Crippen molar-refractivity contribution >= 4 is 18.0 Å². The first-order valence-electron chi connectivity index (χ1n) is 11.8. The van der Waals surface area contributed by atoms with Crippen molar-refractivity contribution in [3.05, 3.63) is 59.7 Å². The number of hydrogen-bond acceptors (Lipinski definition) is 5. The summed E-state index contributed by atoms with van der Waals surface area (Å²) in [7, 11) is 0.